The minimum absolute atomic E-state index is 0.0431. The third kappa shape index (κ3) is 3.28. The highest BCUT2D eigenvalue weighted by Gasteiger charge is 2.19. The van der Waals surface area contributed by atoms with E-state index in [1.54, 1.807) is 19.1 Å². The molecule has 0 aromatic heterocycles. The molecule has 0 fully saturated rings. The molecule has 0 saturated carbocycles. The number of anilines is 1. The van der Waals surface area contributed by atoms with Crippen LogP contribution in [0.4, 0.5) is 10.1 Å². The number of Topliss-reactive ketones (excluding diaryl/α,β-unsaturated/α-hetero) is 1. The van der Waals surface area contributed by atoms with Crippen molar-refractivity contribution in [3.63, 3.8) is 0 Å². The molecular weight excluding hydrogens is 293 g/mol. The maximum atomic E-state index is 13.6. The summed E-state index contributed by atoms with van der Waals surface area (Å²) in [5.41, 5.74) is 0.628. The van der Waals surface area contributed by atoms with E-state index in [9.17, 15) is 17.6 Å². The third-order valence-electron chi connectivity index (χ3n) is 3.00. The summed E-state index contributed by atoms with van der Waals surface area (Å²) in [5.74, 6) is -0.904. The van der Waals surface area contributed by atoms with E-state index in [1.807, 2.05) is 0 Å². The van der Waals surface area contributed by atoms with E-state index in [0.717, 1.165) is 6.07 Å². The minimum atomic E-state index is -3.96. The van der Waals surface area contributed by atoms with Gasteiger partial charge in [-0.25, -0.2) is 12.8 Å². The van der Waals surface area contributed by atoms with Gasteiger partial charge in [-0.1, -0.05) is 24.3 Å². The van der Waals surface area contributed by atoms with Crippen LogP contribution in [-0.4, -0.2) is 14.2 Å². The Hall–Kier alpha value is -2.21. The summed E-state index contributed by atoms with van der Waals surface area (Å²) >= 11 is 0. The lowest BCUT2D eigenvalue weighted by molar-refractivity contribution is 0.101. The van der Waals surface area contributed by atoms with Crippen molar-refractivity contribution in [3.05, 3.63) is 59.4 Å². The van der Waals surface area contributed by atoms with Crippen LogP contribution < -0.4 is 4.72 Å². The minimum Gasteiger partial charge on any atom is -0.295 e. The molecule has 0 atom stereocenters. The van der Waals surface area contributed by atoms with Crippen molar-refractivity contribution in [2.75, 3.05) is 4.72 Å². The van der Waals surface area contributed by atoms with Crippen LogP contribution >= 0.6 is 0 Å². The Labute approximate surface area is 122 Å². The molecule has 0 saturated heterocycles. The molecule has 2 rings (SSSR count). The third-order valence-corrected chi connectivity index (χ3v) is 4.51. The summed E-state index contributed by atoms with van der Waals surface area (Å²) in [4.78, 5) is 11.3. The predicted octanol–water partition coefficient (Wildman–Crippen LogP) is 3.14. The fourth-order valence-electron chi connectivity index (χ4n) is 1.85. The summed E-state index contributed by atoms with van der Waals surface area (Å²) in [6.07, 6.45) is 0. The molecule has 0 bridgehead atoms. The smallest absolute Gasteiger partial charge is 0.262 e. The van der Waals surface area contributed by atoms with Gasteiger partial charge in [-0.05, 0) is 37.6 Å². The Morgan fingerprint density at radius 3 is 2.43 bits per heavy atom. The molecule has 1 N–H and O–H groups in total. The first-order chi connectivity index (χ1) is 9.81. The first kappa shape index (κ1) is 15.2. The van der Waals surface area contributed by atoms with E-state index in [4.69, 9.17) is 0 Å². The van der Waals surface area contributed by atoms with Crippen LogP contribution in [0.25, 0.3) is 0 Å². The van der Waals surface area contributed by atoms with E-state index in [1.165, 1.54) is 31.2 Å². The van der Waals surface area contributed by atoms with Crippen molar-refractivity contribution < 1.29 is 17.6 Å². The van der Waals surface area contributed by atoms with Gasteiger partial charge in [0.1, 0.15) is 5.82 Å². The number of para-hydroxylation sites is 1. The van der Waals surface area contributed by atoms with Gasteiger partial charge in [0.2, 0.25) is 0 Å². The number of halogens is 1. The lowest BCUT2D eigenvalue weighted by atomic mass is 10.1. The number of aryl methyl sites for hydroxylation is 1. The Bertz CT molecular complexity index is 800. The molecule has 0 radical (unpaired) electrons. The molecule has 21 heavy (non-hydrogen) atoms. The van der Waals surface area contributed by atoms with Crippen LogP contribution in [0.1, 0.15) is 22.8 Å². The van der Waals surface area contributed by atoms with Crippen molar-refractivity contribution in [1.29, 1.82) is 0 Å². The van der Waals surface area contributed by atoms with Gasteiger partial charge in [0.15, 0.2) is 5.78 Å². The Morgan fingerprint density at radius 2 is 1.81 bits per heavy atom. The summed E-state index contributed by atoms with van der Waals surface area (Å²) in [5, 5.41) is 0. The van der Waals surface area contributed by atoms with Crippen molar-refractivity contribution >= 4 is 21.5 Å². The van der Waals surface area contributed by atoms with Gasteiger partial charge in [0, 0.05) is 5.56 Å². The lowest BCUT2D eigenvalue weighted by Crippen LogP contribution is -2.15. The average molecular weight is 307 g/mol. The van der Waals surface area contributed by atoms with Crippen LogP contribution in [0, 0.1) is 12.7 Å². The number of nitrogens with one attached hydrogen (secondary N) is 1. The number of rotatable bonds is 4. The molecule has 4 nitrogen and oxygen atoms in total. The molecule has 2 aromatic carbocycles. The molecule has 0 aliphatic carbocycles. The van der Waals surface area contributed by atoms with Gasteiger partial charge >= 0.3 is 0 Å². The molecule has 0 unspecified atom stereocenters. The number of hydrogen-bond donors (Lipinski definition) is 1. The molecule has 0 spiro atoms. The molecule has 6 heteroatoms. The second-order valence-electron chi connectivity index (χ2n) is 4.62. The molecule has 2 aromatic rings. The fraction of sp³-hybridized carbons (Fsp3) is 0.133. The SMILES string of the molecule is CC(=O)c1ccc(C)c(S(=O)(=O)Nc2ccccc2F)c1. The van der Waals surface area contributed by atoms with Gasteiger partial charge in [0.25, 0.3) is 10.0 Å². The molecule has 0 amide bonds. The molecule has 110 valence electrons. The van der Waals surface area contributed by atoms with Gasteiger partial charge in [-0.15, -0.1) is 0 Å². The topological polar surface area (TPSA) is 63.2 Å². The summed E-state index contributed by atoms with van der Waals surface area (Å²) in [6, 6.07) is 9.88. The molecule has 0 aliphatic rings. The predicted molar refractivity (Wildman–Crippen MR) is 78.4 cm³/mol. The maximum absolute atomic E-state index is 13.6. The monoisotopic (exact) mass is 307 g/mol. The number of carbonyl (C=O) groups excluding carboxylic acids is 1. The van der Waals surface area contributed by atoms with Crippen molar-refractivity contribution in [2.24, 2.45) is 0 Å². The van der Waals surface area contributed by atoms with E-state index < -0.39 is 15.8 Å². The van der Waals surface area contributed by atoms with E-state index >= 15 is 0 Å². The highest BCUT2D eigenvalue weighted by atomic mass is 32.2. The number of benzene rings is 2. The van der Waals surface area contributed by atoms with Crippen LogP contribution in [0.5, 0.6) is 0 Å². The van der Waals surface area contributed by atoms with Crippen molar-refractivity contribution in [2.45, 2.75) is 18.7 Å². The number of hydrogen-bond acceptors (Lipinski definition) is 3. The first-order valence-electron chi connectivity index (χ1n) is 6.20. The van der Waals surface area contributed by atoms with Crippen LogP contribution in [0.15, 0.2) is 47.4 Å². The summed E-state index contributed by atoms with van der Waals surface area (Å²) in [6.45, 7) is 2.96. The highest BCUT2D eigenvalue weighted by Crippen LogP contribution is 2.22. The van der Waals surface area contributed by atoms with Crippen LogP contribution in [0.2, 0.25) is 0 Å². The zero-order valence-electron chi connectivity index (χ0n) is 11.6. The van der Waals surface area contributed by atoms with Crippen molar-refractivity contribution in [3.8, 4) is 0 Å². The zero-order valence-corrected chi connectivity index (χ0v) is 12.4. The second kappa shape index (κ2) is 5.65. The number of ketones is 1. The summed E-state index contributed by atoms with van der Waals surface area (Å²) < 4.78 is 40.5. The fourth-order valence-corrected chi connectivity index (χ4v) is 3.19. The largest absolute Gasteiger partial charge is 0.295 e. The summed E-state index contributed by atoms with van der Waals surface area (Å²) in [7, 11) is -3.96. The molecular formula is C15H14FNO3S. The number of sulfonamides is 1. The number of carbonyl (C=O) groups is 1. The van der Waals surface area contributed by atoms with E-state index in [2.05, 4.69) is 4.72 Å². The van der Waals surface area contributed by atoms with Gasteiger partial charge in [0.05, 0.1) is 10.6 Å². The highest BCUT2D eigenvalue weighted by molar-refractivity contribution is 7.92. The standard InChI is InChI=1S/C15H14FNO3S/c1-10-7-8-12(11(2)18)9-15(10)21(19,20)17-14-6-4-3-5-13(14)16/h3-9,17H,1-2H3. The Morgan fingerprint density at radius 1 is 1.14 bits per heavy atom. The zero-order chi connectivity index (χ0) is 15.6. The van der Waals surface area contributed by atoms with Gasteiger partial charge < -0.3 is 0 Å². The van der Waals surface area contributed by atoms with Gasteiger partial charge in [-0.2, -0.15) is 0 Å². The Kier molecular flexibility index (Phi) is 4.09. The van der Waals surface area contributed by atoms with Crippen LogP contribution in [-0.2, 0) is 10.0 Å². The second-order valence-corrected chi connectivity index (χ2v) is 6.27. The lowest BCUT2D eigenvalue weighted by Gasteiger charge is -2.11. The molecule has 0 heterocycles. The quantitative estimate of drug-likeness (QED) is 0.883. The van der Waals surface area contributed by atoms with E-state index in [0.29, 0.717) is 5.56 Å². The average Bonchev–Trinajstić information content (AvgIpc) is 2.41. The maximum Gasteiger partial charge on any atom is 0.262 e. The van der Waals surface area contributed by atoms with E-state index in [-0.39, 0.29) is 21.9 Å². The van der Waals surface area contributed by atoms with Crippen LogP contribution in [0.3, 0.4) is 0 Å². The van der Waals surface area contributed by atoms with Gasteiger partial charge in [-0.3, -0.25) is 9.52 Å². The first-order valence-corrected chi connectivity index (χ1v) is 7.68. The Balaban J connectivity index is 2.47. The molecule has 0 aliphatic heterocycles. The normalized spacial score (nSPS) is 11.2. The van der Waals surface area contributed by atoms with Crippen molar-refractivity contribution in [1.82, 2.24) is 0 Å².